The molecular formula is C20H26ClNO4. The molecule has 0 amide bonds. The first-order valence-corrected chi connectivity index (χ1v) is 8.72. The number of esters is 1. The van der Waals surface area contributed by atoms with Gasteiger partial charge in [-0.2, -0.15) is 0 Å². The number of ether oxygens (including phenoxy) is 3. The Hall–Kier alpha value is -1.82. The van der Waals surface area contributed by atoms with Crippen molar-refractivity contribution in [2.75, 3.05) is 46.6 Å². The fraction of sp³-hybridized carbons (Fsp3) is 0.450. The van der Waals surface area contributed by atoms with Crippen LogP contribution < -0.4 is 4.74 Å². The van der Waals surface area contributed by atoms with E-state index in [2.05, 4.69) is 4.90 Å². The van der Waals surface area contributed by atoms with Crippen molar-refractivity contribution >= 4 is 29.1 Å². The Labute approximate surface area is 160 Å². The molecule has 0 N–H and O–H groups in total. The van der Waals surface area contributed by atoms with E-state index in [4.69, 9.17) is 14.2 Å². The minimum Gasteiger partial charge on any atom is -0.497 e. The average molecular weight is 380 g/mol. The lowest BCUT2D eigenvalue weighted by atomic mass is 9.98. The van der Waals surface area contributed by atoms with Crippen molar-refractivity contribution in [3.63, 3.8) is 0 Å². The summed E-state index contributed by atoms with van der Waals surface area (Å²) in [4.78, 5) is 14.6. The first-order valence-electron chi connectivity index (χ1n) is 8.72. The maximum absolute atomic E-state index is 12.3. The van der Waals surface area contributed by atoms with Gasteiger partial charge in [-0.15, -0.1) is 12.4 Å². The molecule has 1 heterocycles. The second-order valence-electron chi connectivity index (χ2n) is 6.32. The van der Waals surface area contributed by atoms with Crippen molar-refractivity contribution in [2.45, 2.75) is 12.8 Å². The molecule has 0 bridgehead atoms. The van der Waals surface area contributed by atoms with E-state index in [0.717, 1.165) is 54.9 Å². The third-order valence-electron chi connectivity index (χ3n) is 4.68. The molecule has 1 unspecified atom stereocenters. The van der Waals surface area contributed by atoms with E-state index in [9.17, 15) is 4.79 Å². The number of benzene rings is 2. The second kappa shape index (κ2) is 9.76. The molecule has 0 saturated carbocycles. The first-order chi connectivity index (χ1) is 12.2. The van der Waals surface area contributed by atoms with E-state index >= 15 is 0 Å². The van der Waals surface area contributed by atoms with Crippen molar-refractivity contribution in [1.29, 1.82) is 0 Å². The molecule has 1 fully saturated rings. The number of carbonyl (C=O) groups excluding carboxylic acids is 1. The van der Waals surface area contributed by atoms with Gasteiger partial charge in [0.05, 0.1) is 26.2 Å². The van der Waals surface area contributed by atoms with Crippen LogP contribution in [-0.2, 0) is 14.3 Å². The number of hydrogen-bond donors (Lipinski definition) is 0. The third-order valence-corrected chi connectivity index (χ3v) is 4.68. The van der Waals surface area contributed by atoms with Crippen molar-refractivity contribution in [3.8, 4) is 5.75 Å². The van der Waals surface area contributed by atoms with Crippen LogP contribution in [0.3, 0.4) is 0 Å². The summed E-state index contributed by atoms with van der Waals surface area (Å²) in [5, 5.41) is 2.18. The Bertz CT molecular complexity index is 731. The van der Waals surface area contributed by atoms with E-state index in [1.54, 1.807) is 7.11 Å². The SMILES string of the molecule is COc1ccc2cc(C(C)C(=O)OCCN3CCOCC3)ccc2c1.Cl. The van der Waals surface area contributed by atoms with Gasteiger partial charge in [0.25, 0.3) is 0 Å². The van der Waals surface area contributed by atoms with Gasteiger partial charge in [0.15, 0.2) is 0 Å². The molecule has 3 rings (SSSR count). The zero-order valence-corrected chi connectivity index (χ0v) is 16.1. The Morgan fingerprint density at radius 1 is 1.15 bits per heavy atom. The molecule has 5 nitrogen and oxygen atoms in total. The molecule has 1 aliphatic rings. The quantitative estimate of drug-likeness (QED) is 0.721. The van der Waals surface area contributed by atoms with Crippen molar-refractivity contribution < 1.29 is 19.0 Å². The van der Waals surface area contributed by atoms with E-state index in [-0.39, 0.29) is 24.3 Å². The van der Waals surface area contributed by atoms with Crippen molar-refractivity contribution in [3.05, 3.63) is 42.0 Å². The highest BCUT2D eigenvalue weighted by molar-refractivity contribution is 5.86. The maximum Gasteiger partial charge on any atom is 0.313 e. The fourth-order valence-electron chi connectivity index (χ4n) is 3.00. The Morgan fingerprint density at radius 2 is 1.85 bits per heavy atom. The summed E-state index contributed by atoms with van der Waals surface area (Å²) in [5.74, 6) is 0.369. The molecule has 1 saturated heterocycles. The second-order valence-corrected chi connectivity index (χ2v) is 6.32. The van der Waals surface area contributed by atoms with Crippen LogP contribution >= 0.6 is 12.4 Å². The Morgan fingerprint density at radius 3 is 2.58 bits per heavy atom. The Kier molecular flexibility index (Phi) is 7.69. The van der Waals surface area contributed by atoms with Crippen LogP contribution in [0.4, 0.5) is 0 Å². The smallest absolute Gasteiger partial charge is 0.313 e. The van der Waals surface area contributed by atoms with Crippen LogP contribution in [0.15, 0.2) is 36.4 Å². The summed E-state index contributed by atoms with van der Waals surface area (Å²) in [6, 6.07) is 12.0. The zero-order valence-electron chi connectivity index (χ0n) is 15.3. The summed E-state index contributed by atoms with van der Waals surface area (Å²) in [6.07, 6.45) is 0. The van der Waals surface area contributed by atoms with Gasteiger partial charge in [0, 0.05) is 19.6 Å². The van der Waals surface area contributed by atoms with E-state index < -0.39 is 0 Å². The minimum absolute atomic E-state index is 0. The molecule has 142 valence electrons. The van der Waals surface area contributed by atoms with Gasteiger partial charge in [0.1, 0.15) is 12.4 Å². The number of carbonyl (C=O) groups is 1. The van der Waals surface area contributed by atoms with Crippen LogP contribution in [0.5, 0.6) is 5.75 Å². The minimum atomic E-state index is -0.281. The lowest BCUT2D eigenvalue weighted by Gasteiger charge is -2.26. The van der Waals surface area contributed by atoms with Gasteiger partial charge < -0.3 is 14.2 Å². The fourth-order valence-corrected chi connectivity index (χ4v) is 3.00. The normalized spacial score (nSPS) is 15.9. The van der Waals surface area contributed by atoms with Crippen LogP contribution in [0, 0.1) is 0 Å². The molecule has 26 heavy (non-hydrogen) atoms. The van der Waals surface area contributed by atoms with Gasteiger partial charge in [-0.3, -0.25) is 9.69 Å². The molecular weight excluding hydrogens is 354 g/mol. The van der Waals surface area contributed by atoms with Crippen LogP contribution in [0.25, 0.3) is 10.8 Å². The standard InChI is InChI=1S/C20H25NO4.ClH/c1-15(20(22)25-12-9-21-7-10-24-11-8-21)16-3-4-18-14-19(23-2)6-5-17(18)13-16;/h3-6,13-15H,7-12H2,1-2H3;1H. The van der Waals surface area contributed by atoms with Crippen molar-refractivity contribution in [1.82, 2.24) is 4.90 Å². The van der Waals surface area contributed by atoms with Gasteiger partial charge in [-0.1, -0.05) is 24.3 Å². The molecule has 0 aromatic heterocycles. The summed E-state index contributed by atoms with van der Waals surface area (Å²) in [5.41, 5.74) is 0.967. The van der Waals surface area contributed by atoms with Crippen molar-refractivity contribution in [2.24, 2.45) is 0 Å². The number of methoxy groups -OCH3 is 1. The summed E-state index contributed by atoms with van der Waals surface area (Å²) in [6.45, 7) is 6.40. The zero-order chi connectivity index (χ0) is 17.6. The number of fused-ring (bicyclic) bond motifs is 1. The number of rotatable bonds is 6. The summed E-state index contributed by atoms with van der Waals surface area (Å²) in [7, 11) is 1.66. The molecule has 0 spiro atoms. The molecule has 6 heteroatoms. The first kappa shape index (κ1) is 20.5. The highest BCUT2D eigenvalue weighted by Gasteiger charge is 2.18. The van der Waals surface area contributed by atoms with Crippen LogP contribution in [0.2, 0.25) is 0 Å². The van der Waals surface area contributed by atoms with E-state index in [0.29, 0.717) is 6.61 Å². The molecule has 0 radical (unpaired) electrons. The number of halogens is 1. The predicted molar refractivity (Wildman–Crippen MR) is 104 cm³/mol. The lowest BCUT2D eigenvalue weighted by Crippen LogP contribution is -2.38. The highest BCUT2D eigenvalue weighted by atomic mass is 35.5. The number of nitrogens with zero attached hydrogens (tertiary/aromatic N) is 1. The van der Waals surface area contributed by atoms with Gasteiger partial charge in [-0.05, 0) is 35.4 Å². The molecule has 2 aromatic rings. The molecule has 0 aliphatic carbocycles. The van der Waals surface area contributed by atoms with Gasteiger partial charge >= 0.3 is 5.97 Å². The number of hydrogen-bond acceptors (Lipinski definition) is 5. The highest BCUT2D eigenvalue weighted by Crippen LogP contribution is 2.25. The van der Waals surface area contributed by atoms with Gasteiger partial charge in [0.2, 0.25) is 0 Å². The van der Waals surface area contributed by atoms with Crippen LogP contribution in [-0.4, -0.2) is 57.4 Å². The van der Waals surface area contributed by atoms with Gasteiger partial charge in [-0.25, -0.2) is 0 Å². The monoisotopic (exact) mass is 379 g/mol. The lowest BCUT2D eigenvalue weighted by molar-refractivity contribution is -0.145. The molecule has 1 atom stereocenters. The largest absolute Gasteiger partial charge is 0.497 e. The Balaban J connectivity index is 0.00000243. The predicted octanol–water partition coefficient (Wildman–Crippen LogP) is 3.25. The number of morpholine rings is 1. The van der Waals surface area contributed by atoms with E-state index in [1.807, 2.05) is 43.3 Å². The third kappa shape index (κ3) is 5.10. The topological polar surface area (TPSA) is 48.0 Å². The summed E-state index contributed by atoms with van der Waals surface area (Å²) < 4.78 is 16.0. The molecule has 2 aromatic carbocycles. The molecule has 1 aliphatic heterocycles. The van der Waals surface area contributed by atoms with E-state index in [1.165, 1.54) is 0 Å². The van der Waals surface area contributed by atoms with Crippen LogP contribution in [0.1, 0.15) is 18.4 Å². The maximum atomic E-state index is 12.3. The average Bonchev–Trinajstić information content (AvgIpc) is 2.67. The summed E-state index contributed by atoms with van der Waals surface area (Å²) >= 11 is 0.